The highest BCUT2D eigenvalue weighted by Gasteiger charge is 2.53. The van der Waals surface area contributed by atoms with E-state index in [1.807, 2.05) is 0 Å². The second kappa shape index (κ2) is 28.5. The third-order valence-corrected chi connectivity index (χ3v) is 24.3. The van der Waals surface area contributed by atoms with Crippen molar-refractivity contribution in [3.8, 4) is 155 Å². The van der Waals surface area contributed by atoms with E-state index in [0.717, 1.165) is 60.7 Å². The monoisotopic (exact) mass is 1640 g/mol. The molecule has 0 saturated carbocycles. The zero-order chi connectivity index (χ0) is 84.4. The minimum Gasteiger partial charge on any atom is -0.508 e. The number of allylic oxidation sites excluding steroid dienone is 1. The topological polar surface area (TPSA) is 541 Å². The van der Waals surface area contributed by atoms with Gasteiger partial charge in [-0.1, -0.05) is 36.4 Å². The molecule has 0 radical (unpaired) electrons. The molecule has 616 valence electrons. The van der Waals surface area contributed by atoms with Crippen molar-refractivity contribution < 1.29 is 151 Å². The van der Waals surface area contributed by atoms with Gasteiger partial charge in [0.2, 0.25) is 0 Å². The molecule has 0 fully saturated rings. The Bertz CT molecular complexity index is 6190. The minimum atomic E-state index is -1.75. The van der Waals surface area contributed by atoms with Gasteiger partial charge >= 0.3 is 0 Å². The van der Waals surface area contributed by atoms with Crippen LogP contribution in [0.1, 0.15) is 188 Å². The number of phenols is 22. The van der Waals surface area contributed by atoms with Crippen LogP contribution in [0.2, 0.25) is 0 Å². The first-order valence-corrected chi connectivity index (χ1v) is 38.2. The first kappa shape index (κ1) is 76.4. The lowest BCUT2D eigenvalue weighted by atomic mass is 9.68. The van der Waals surface area contributed by atoms with Gasteiger partial charge in [0.1, 0.15) is 134 Å². The number of aromatic hydroxyl groups is 22. The number of phenolic OH excluding ortho intramolecular Hbond substituents is 22. The van der Waals surface area contributed by atoms with Crippen molar-refractivity contribution in [2.45, 2.75) is 117 Å². The fourth-order valence-electron chi connectivity index (χ4n) is 18.8. The number of aliphatic hydroxyl groups excluding tert-OH is 2. The summed E-state index contributed by atoms with van der Waals surface area (Å²) in [5, 5.41) is 281. The van der Waals surface area contributed by atoms with Gasteiger partial charge in [0.25, 0.3) is 0 Å². The summed E-state index contributed by atoms with van der Waals surface area (Å²) in [4.78, 5) is 0. The predicted octanol–water partition coefficient (Wildman–Crippen LogP) is 14.5. The van der Waals surface area contributed by atoms with E-state index in [0.29, 0.717) is 5.56 Å². The van der Waals surface area contributed by atoms with E-state index in [9.17, 15) is 123 Å². The number of fused-ring (bicyclic) bond motifs is 5. The zero-order valence-corrected chi connectivity index (χ0v) is 62.6. The Kier molecular flexibility index (Phi) is 18.1. The third-order valence-electron chi connectivity index (χ3n) is 24.3. The van der Waals surface area contributed by atoms with E-state index in [1.165, 1.54) is 91.0 Å². The van der Waals surface area contributed by atoms with Gasteiger partial charge in [-0.05, 0) is 138 Å². The lowest BCUT2D eigenvalue weighted by Crippen LogP contribution is -2.38. The summed E-state index contributed by atoms with van der Waals surface area (Å²) in [6, 6.07) is 29.1. The SMILES string of the molecule is OC1=CC(O)C([C@@H]2C[C@@H](c3ccc(O)c(O)c3)Oc3cc(O)cc(O)c32)C2=C1[C@H](c1c(O)cc(O)c3c1O[C@H](c1ccc(O)c(O)c1)C[C@H]3c1c(O)cc(O)c3c1O[C@H](c1ccc(O)c(O)c1)C[C@H]3c1c(O)cc(O)c3c1O[C@H](c1ccc(O)c(O)c1)C[C@H]3c1c(O)cc(O)c3c1O[C@H](c1ccc(O)c(O)c1)CC3)C[C@@H](c1ccc(O)c(O)c1)O2. The molecule has 11 aromatic rings. The van der Waals surface area contributed by atoms with Crippen molar-refractivity contribution in [2.24, 2.45) is 5.92 Å². The molecule has 0 saturated heterocycles. The average molecular weight is 1640 g/mol. The standard InChI is InChI=1S/C90H76O30/c91-39-21-59(105)76-41(23-70(115-75(76)22-39)34-2-9-47(93)54(100)16-34)78-61(107)29-63(109)80-43(25-72(117-87(78)80)36-4-11-49(95)56(102)18-36)82-65(111)31-67(113)84-45(27-74(119-89(82)84)38-6-13-51(97)58(104)20-38)85-68(114)32-66(112)83-44(26-73(120-90(83)85)37-5-12-50(96)57(103)19-37)81-64(110)30-62(108)79-42(24-71(118-88(79)81)35-3-10-48(94)55(101)17-35)77-60(106)28-52(98)40-7-14-69(116-86(40)77)33-1-8-46(92)53(99)15-33/h1-6,8-13,15-22,28-32,41-45,61,69-74,78,91-114H,7,14,23-27H2/t41-,42+,43-,44+,45-,61?,69+,70+,71+,72+,73+,74+,78?/m1/s1. The molecule has 13 atom stereocenters. The fraction of sp³-hybridized carbons (Fsp3) is 0.222. The van der Waals surface area contributed by atoms with E-state index in [1.54, 1.807) is 0 Å². The molecule has 1 aliphatic carbocycles. The van der Waals surface area contributed by atoms with Crippen molar-refractivity contribution in [1.29, 1.82) is 0 Å². The second-order valence-electron chi connectivity index (χ2n) is 31.2. The van der Waals surface area contributed by atoms with E-state index in [-0.39, 0.29) is 144 Å². The Hall–Kier alpha value is -14.9. The molecular formula is C90H76O30. The molecule has 30 nitrogen and oxygen atoms in total. The number of hydrogen-bond donors (Lipinski definition) is 24. The Morgan fingerprint density at radius 3 is 0.917 bits per heavy atom. The summed E-state index contributed by atoms with van der Waals surface area (Å²) in [6.45, 7) is 0. The van der Waals surface area contributed by atoms with Crippen molar-refractivity contribution in [3.63, 3.8) is 0 Å². The molecule has 0 aromatic heterocycles. The predicted molar refractivity (Wildman–Crippen MR) is 418 cm³/mol. The van der Waals surface area contributed by atoms with Crippen LogP contribution in [-0.2, 0) is 11.2 Å². The Morgan fingerprint density at radius 2 is 0.550 bits per heavy atom. The van der Waals surface area contributed by atoms with Crippen LogP contribution < -0.4 is 23.7 Å². The van der Waals surface area contributed by atoms with Crippen molar-refractivity contribution >= 4 is 0 Å². The van der Waals surface area contributed by atoms with Gasteiger partial charge in [0, 0.05) is 141 Å². The highest BCUT2D eigenvalue weighted by Crippen LogP contribution is 2.68. The van der Waals surface area contributed by atoms with Crippen molar-refractivity contribution in [3.05, 3.63) is 252 Å². The van der Waals surface area contributed by atoms with E-state index >= 15 is 0 Å². The maximum absolute atomic E-state index is 13.1. The van der Waals surface area contributed by atoms with Crippen LogP contribution in [0.5, 0.6) is 155 Å². The molecule has 24 N–H and O–H groups in total. The second-order valence-corrected chi connectivity index (χ2v) is 31.2. The molecule has 11 aromatic carbocycles. The molecule has 18 rings (SSSR count). The molecule has 120 heavy (non-hydrogen) atoms. The van der Waals surface area contributed by atoms with Crippen LogP contribution >= 0.6 is 0 Å². The van der Waals surface area contributed by atoms with Gasteiger partial charge in [0.05, 0.1) is 12.0 Å². The fourth-order valence-corrected chi connectivity index (χ4v) is 18.8. The van der Waals surface area contributed by atoms with Crippen molar-refractivity contribution in [2.75, 3.05) is 0 Å². The van der Waals surface area contributed by atoms with Gasteiger partial charge in [-0.25, -0.2) is 0 Å². The number of benzene rings is 11. The number of hydrogen-bond acceptors (Lipinski definition) is 30. The summed E-state index contributed by atoms with van der Waals surface area (Å²) >= 11 is 0. The quantitative estimate of drug-likeness (QED) is 0.0535. The number of ether oxygens (including phenoxy) is 6. The van der Waals surface area contributed by atoms with E-state index in [4.69, 9.17) is 28.4 Å². The minimum absolute atomic E-state index is 0.0220. The lowest BCUT2D eigenvalue weighted by molar-refractivity contribution is 0.0101. The Morgan fingerprint density at radius 1 is 0.250 bits per heavy atom. The lowest BCUT2D eigenvalue weighted by Gasteiger charge is -2.45. The Balaban J connectivity index is 0.858. The van der Waals surface area contributed by atoms with Gasteiger partial charge in [-0.3, -0.25) is 0 Å². The zero-order valence-electron chi connectivity index (χ0n) is 62.6. The smallest absolute Gasteiger partial charge is 0.157 e. The van der Waals surface area contributed by atoms with Gasteiger partial charge in [0.15, 0.2) is 69.0 Å². The van der Waals surface area contributed by atoms with Crippen LogP contribution in [0.15, 0.2) is 169 Å². The average Bonchev–Trinajstić information content (AvgIpc) is 0.716. The van der Waals surface area contributed by atoms with Crippen LogP contribution in [0.25, 0.3) is 0 Å². The Labute approximate surface area is 678 Å². The van der Waals surface area contributed by atoms with Gasteiger partial charge < -0.3 is 151 Å². The molecular weight excluding hydrogens is 1560 g/mol. The molecule has 30 heteroatoms. The molecule has 2 unspecified atom stereocenters. The first-order valence-electron chi connectivity index (χ1n) is 38.2. The number of aliphatic hydroxyl groups is 2. The summed E-state index contributed by atoms with van der Waals surface area (Å²) in [7, 11) is 0. The van der Waals surface area contributed by atoms with E-state index < -0.39 is 229 Å². The van der Waals surface area contributed by atoms with Crippen LogP contribution in [0.4, 0.5) is 0 Å². The highest BCUT2D eigenvalue weighted by atomic mass is 16.5. The van der Waals surface area contributed by atoms with Crippen LogP contribution in [-0.4, -0.2) is 129 Å². The summed E-state index contributed by atoms with van der Waals surface area (Å²) in [5.41, 5.74) is -0.272. The van der Waals surface area contributed by atoms with Crippen LogP contribution in [0.3, 0.4) is 0 Å². The summed E-state index contributed by atoms with van der Waals surface area (Å²) < 4.78 is 41.5. The molecule has 7 aliphatic rings. The maximum Gasteiger partial charge on any atom is 0.157 e. The van der Waals surface area contributed by atoms with Crippen molar-refractivity contribution in [1.82, 2.24) is 0 Å². The number of rotatable bonds is 11. The molecule has 0 bridgehead atoms. The molecule has 6 heterocycles. The molecule has 0 spiro atoms. The highest BCUT2D eigenvalue weighted by molar-refractivity contribution is 5.74. The first-order chi connectivity index (χ1) is 57.3. The summed E-state index contributed by atoms with van der Waals surface area (Å²) in [6.07, 6.45) is -9.54. The molecule has 0 amide bonds. The van der Waals surface area contributed by atoms with E-state index in [2.05, 4.69) is 0 Å². The van der Waals surface area contributed by atoms with Gasteiger partial charge in [-0.15, -0.1) is 0 Å². The normalized spacial score (nSPS) is 23.2. The molecule has 6 aliphatic heterocycles. The maximum atomic E-state index is 13.1. The van der Waals surface area contributed by atoms with Crippen LogP contribution in [0, 0.1) is 5.92 Å². The third kappa shape index (κ3) is 12.6. The largest absolute Gasteiger partial charge is 0.508 e. The summed E-state index contributed by atoms with van der Waals surface area (Å²) in [5.74, 6) is -23.7. The van der Waals surface area contributed by atoms with Gasteiger partial charge in [-0.2, -0.15) is 0 Å².